The van der Waals surface area contributed by atoms with Crippen molar-refractivity contribution >= 4 is 21.8 Å². The monoisotopic (exact) mass is 321 g/mol. The van der Waals surface area contributed by atoms with Crippen molar-refractivity contribution in [1.29, 1.82) is 0 Å². The molecule has 102 valence electrons. The van der Waals surface area contributed by atoms with Crippen LogP contribution in [0.3, 0.4) is 0 Å². The van der Waals surface area contributed by atoms with Crippen LogP contribution in [0.25, 0.3) is 0 Å². The van der Waals surface area contributed by atoms with Gasteiger partial charge in [-0.25, -0.2) is 0 Å². The lowest BCUT2D eigenvalue weighted by molar-refractivity contribution is -0.129. The van der Waals surface area contributed by atoms with Crippen molar-refractivity contribution in [2.45, 2.75) is 38.6 Å². The number of carbonyl (C=O) groups excluding carboxylic acids is 1. The van der Waals surface area contributed by atoms with Crippen LogP contribution in [0.1, 0.15) is 37.7 Å². The third-order valence-corrected chi connectivity index (χ3v) is 4.05. The Bertz CT molecular complexity index is 464. The first-order chi connectivity index (χ1) is 9.15. The van der Waals surface area contributed by atoms with Crippen molar-refractivity contribution in [2.24, 2.45) is 0 Å². The minimum absolute atomic E-state index is 0.219. The normalized spacial score (nSPS) is 14.9. The molecule has 0 spiro atoms. The highest BCUT2D eigenvalue weighted by Crippen LogP contribution is 2.21. The van der Waals surface area contributed by atoms with Gasteiger partial charge in [0, 0.05) is 24.5 Å². The van der Waals surface area contributed by atoms with E-state index in [0.29, 0.717) is 13.0 Å². The van der Waals surface area contributed by atoms with Crippen molar-refractivity contribution in [3.8, 4) is 0 Å². The number of allylic oxidation sites excluding steroid dienone is 1. The van der Waals surface area contributed by atoms with Gasteiger partial charge in [-0.1, -0.05) is 39.7 Å². The van der Waals surface area contributed by atoms with Gasteiger partial charge >= 0.3 is 0 Å². The smallest absolute Gasteiger partial charge is 0.226 e. The first-order valence-corrected chi connectivity index (χ1v) is 7.61. The molecule has 0 N–H and O–H groups in total. The molecule has 1 aromatic rings. The predicted molar refractivity (Wildman–Crippen MR) is 81.8 cm³/mol. The molecule has 0 saturated carbocycles. The molecule has 0 bridgehead atoms. The summed E-state index contributed by atoms with van der Waals surface area (Å²) in [4.78, 5) is 14.0. The second-order valence-corrected chi connectivity index (χ2v) is 6.08. The van der Waals surface area contributed by atoms with Crippen LogP contribution in [0.2, 0.25) is 0 Å². The first-order valence-electron chi connectivity index (χ1n) is 6.81. The minimum Gasteiger partial charge on any atom is -0.341 e. The Kier molecular flexibility index (Phi) is 5.20. The van der Waals surface area contributed by atoms with Crippen molar-refractivity contribution < 1.29 is 4.79 Å². The lowest BCUT2D eigenvalue weighted by Crippen LogP contribution is -2.26. The lowest BCUT2D eigenvalue weighted by atomic mass is 9.97. The molecule has 1 aromatic carbocycles. The van der Waals surface area contributed by atoms with E-state index in [4.69, 9.17) is 0 Å². The molecular formula is C16H20BrNO. The average Bonchev–Trinajstić information content (AvgIpc) is 2.42. The Balaban J connectivity index is 1.88. The largest absolute Gasteiger partial charge is 0.341 e. The molecule has 0 atom stereocenters. The van der Waals surface area contributed by atoms with E-state index in [-0.39, 0.29) is 5.91 Å². The first kappa shape index (κ1) is 14.3. The fraction of sp³-hybridized carbons (Fsp3) is 0.438. The van der Waals surface area contributed by atoms with Gasteiger partial charge in [-0.05, 0) is 43.4 Å². The average molecular weight is 322 g/mol. The number of hydrogen-bond donors (Lipinski definition) is 0. The third kappa shape index (κ3) is 4.50. The Morgan fingerprint density at radius 1 is 1.26 bits per heavy atom. The molecule has 1 aliphatic rings. The zero-order chi connectivity index (χ0) is 13.7. The number of amides is 1. The quantitative estimate of drug-likeness (QED) is 0.757. The van der Waals surface area contributed by atoms with Crippen molar-refractivity contribution in [3.63, 3.8) is 0 Å². The molecule has 1 amide bonds. The fourth-order valence-electron chi connectivity index (χ4n) is 2.35. The van der Waals surface area contributed by atoms with Gasteiger partial charge < -0.3 is 4.90 Å². The molecule has 2 rings (SSSR count). The molecule has 1 aliphatic carbocycles. The van der Waals surface area contributed by atoms with E-state index in [1.807, 2.05) is 36.2 Å². The number of carbonyl (C=O) groups is 1. The predicted octanol–water partition coefficient (Wildman–Crippen LogP) is 4.30. The molecule has 0 heterocycles. The summed E-state index contributed by atoms with van der Waals surface area (Å²) >= 11 is 3.42. The molecule has 0 aromatic heterocycles. The van der Waals surface area contributed by atoms with E-state index in [0.717, 1.165) is 22.9 Å². The summed E-state index contributed by atoms with van der Waals surface area (Å²) in [5.74, 6) is 0.219. The number of benzene rings is 1. The van der Waals surface area contributed by atoms with E-state index in [9.17, 15) is 4.79 Å². The maximum atomic E-state index is 12.2. The van der Waals surface area contributed by atoms with E-state index in [2.05, 4.69) is 22.0 Å². The van der Waals surface area contributed by atoms with Gasteiger partial charge in [-0.2, -0.15) is 0 Å². The minimum atomic E-state index is 0.219. The molecule has 3 heteroatoms. The fourth-order valence-corrected chi connectivity index (χ4v) is 2.61. The van der Waals surface area contributed by atoms with Crippen LogP contribution in [-0.4, -0.2) is 17.9 Å². The van der Waals surface area contributed by atoms with Crippen LogP contribution in [0.5, 0.6) is 0 Å². The number of rotatable bonds is 4. The van der Waals surface area contributed by atoms with Gasteiger partial charge in [0.15, 0.2) is 0 Å². The summed E-state index contributed by atoms with van der Waals surface area (Å²) in [5, 5.41) is 0. The highest BCUT2D eigenvalue weighted by Gasteiger charge is 2.13. The van der Waals surface area contributed by atoms with Crippen molar-refractivity contribution in [3.05, 3.63) is 46.0 Å². The Morgan fingerprint density at radius 3 is 2.63 bits per heavy atom. The van der Waals surface area contributed by atoms with Crippen molar-refractivity contribution in [2.75, 3.05) is 7.05 Å². The Labute approximate surface area is 123 Å². The van der Waals surface area contributed by atoms with Crippen molar-refractivity contribution in [1.82, 2.24) is 4.90 Å². The topological polar surface area (TPSA) is 20.3 Å². The third-order valence-electron chi connectivity index (χ3n) is 3.52. The van der Waals surface area contributed by atoms with Gasteiger partial charge in [0.2, 0.25) is 5.91 Å². The lowest BCUT2D eigenvalue weighted by Gasteiger charge is -2.19. The standard InChI is InChI=1S/C16H20BrNO/c1-18(12-14-7-9-15(17)10-8-14)16(19)11-13-5-3-2-4-6-13/h5,7-10H,2-4,6,11-12H2,1H3. The summed E-state index contributed by atoms with van der Waals surface area (Å²) in [6.45, 7) is 0.680. The molecule has 2 nitrogen and oxygen atoms in total. The van der Waals surface area contributed by atoms with Crippen LogP contribution in [-0.2, 0) is 11.3 Å². The van der Waals surface area contributed by atoms with Crippen LogP contribution >= 0.6 is 15.9 Å². The highest BCUT2D eigenvalue weighted by molar-refractivity contribution is 9.10. The molecule has 0 unspecified atom stereocenters. The van der Waals surface area contributed by atoms with Crippen LogP contribution in [0, 0.1) is 0 Å². The zero-order valence-electron chi connectivity index (χ0n) is 11.4. The van der Waals surface area contributed by atoms with Gasteiger partial charge in [0.1, 0.15) is 0 Å². The van der Waals surface area contributed by atoms with E-state index < -0.39 is 0 Å². The van der Waals surface area contributed by atoms with Gasteiger partial charge in [0.05, 0.1) is 0 Å². The van der Waals surface area contributed by atoms with E-state index in [1.54, 1.807) is 0 Å². The van der Waals surface area contributed by atoms with E-state index >= 15 is 0 Å². The second kappa shape index (κ2) is 6.90. The maximum absolute atomic E-state index is 12.2. The van der Waals surface area contributed by atoms with Gasteiger partial charge in [0.25, 0.3) is 0 Å². The Hall–Kier alpha value is -1.09. The number of halogens is 1. The summed E-state index contributed by atoms with van der Waals surface area (Å²) in [6, 6.07) is 8.12. The van der Waals surface area contributed by atoms with Crippen LogP contribution in [0.4, 0.5) is 0 Å². The van der Waals surface area contributed by atoms with Crippen LogP contribution in [0.15, 0.2) is 40.4 Å². The van der Waals surface area contributed by atoms with Gasteiger partial charge in [-0.15, -0.1) is 0 Å². The molecule has 19 heavy (non-hydrogen) atoms. The summed E-state index contributed by atoms with van der Waals surface area (Å²) in [7, 11) is 1.88. The Morgan fingerprint density at radius 2 is 2.00 bits per heavy atom. The zero-order valence-corrected chi connectivity index (χ0v) is 12.9. The highest BCUT2D eigenvalue weighted by atomic mass is 79.9. The number of hydrogen-bond acceptors (Lipinski definition) is 1. The summed E-state index contributed by atoms with van der Waals surface area (Å²) in [6.07, 6.45) is 7.57. The van der Waals surface area contributed by atoms with Gasteiger partial charge in [-0.3, -0.25) is 4.79 Å². The second-order valence-electron chi connectivity index (χ2n) is 5.16. The van der Waals surface area contributed by atoms with Crippen LogP contribution < -0.4 is 0 Å². The molecular weight excluding hydrogens is 302 g/mol. The van der Waals surface area contributed by atoms with E-state index in [1.165, 1.54) is 18.4 Å². The molecule has 0 fully saturated rings. The summed E-state index contributed by atoms with van der Waals surface area (Å²) < 4.78 is 1.07. The molecule has 0 aliphatic heterocycles. The SMILES string of the molecule is CN(Cc1ccc(Br)cc1)C(=O)CC1=CCCCC1. The summed E-state index contributed by atoms with van der Waals surface area (Å²) in [5.41, 5.74) is 2.48. The maximum Gasteiger partial charge on any atom is 0.226 e. The molecule has 0 radical (unpaired) electrons. The molecule has 0 saturated heterocycles. The number of nitrogens with zero attached hydrogens (tertiary/aromatic N) is 1.